The van der Waals surface area contributed by atoms with E-state index in [0.717, 1.165) is 50.4 Å². The summed E-state index contributed by atoms with van der Waals surface area (Å²) in [5, 5.41) is 10.0. The van der Waals surface area contributed by atoms with Crippen LogP contribution in [0.25, 0.3) is 0 Å². The maximum Gasteiger partial charge on any atom is 0.275 e. The summed E-state index contributed by atoms with van der Waals surface area (Å²) in [5.41, 5.74) is 1.43. The Kier molecular flexibility index (Phi) is 3.78. The summed E-state index contributed by atoms with van der Waals surface area (Å²) >= 11 is 0. The molecule has 0 atom stereocenters. The van der Waals surface area contributed by atoms with Crippen LogP contribution >= 0.6 is 0 Å². The monoisotopic (exact) mass is 313 g/mol. The molecule has 1 aliphatic carbocycles. The molecule has 2 aromatic rings. The molecule has 7 heteroatoms. The Morgan fingerprint density at radius 1 is 1.22 bits per heavy atom. The average molecular weight is 313 g/mol. The van der Waals surface area contributed by atoms with E-state index < -0.39 is 0 Å². The third-order valence-electron chi connectivity index (χ3n) is 4.35. The normalized spacial score (nSPS) is 18.8. The summed E-state index contributed by atoms with van der Waals surface area (Å²) in [5.74, 6) is 1.89. The molecule has 3 heterocycles. The van der Waals surface area contributed by atoms with Crippen molar-refractivity contribution in [3.63, 3.8) is 0 Å². The minimum Gasteiger partial charge on any atom is -0.381 e. The molecule has 0 bridgehead atoms. The van der Waals surface area contributed by atoms with E-state index in [1.807, 2.05) is 6.07 Å². The summed E-state index contributed by atoms with van der Waals surface area (Å²) in [6, 6.07) is 3.53. The first-order valence-corrected chi connectivity index (χ1v) is 8.07. The lowest BCUT2D eigenvalue weighted by Gasteiger charge is -2.20. The Hall–Kier alpha value is -2.28. The highest BCUT2D eigenvalue weighted by Gasteiger charge is 2.27. The van der Waals surface area contributed by atoms with Gasteiger partial charge in [-0.2, -0.15) is 5.10 Å². The van der Waals surface area contributed by atoms with Crippen LogP contribution in [0.3, 0.4) is 0 Å². The molecule has 1 saturated carbocycles. The van der Waals surface area contributed by atoms with E-state index in [1.54, 1.807) is 12.3 Å². The maximum absolute atomic E-state index is 12.3. The molecule has 1 aliphatic heterocycles. The first-order chi connectivity index (χ1) is 11.3. The van der Waals surface area contributed by atoms with E-state index in [9.17, 15) is 4.79 Å². The molecule has 7 nitrogen and oxygen atoms in total. The fourth-order valence-corrected chi connectivity index (χ4v) is 2.84. The number of H-pyrrole nitrogens is 1. The molecular weight excluding hydrogens is 294 g/mol. The number of anilines is 1. The predicted molar refractivity (Wildman–Crippen MR) is 83.3 cm³/mol. The first-order valence-electron chi connectivity index (χ1n) is 8.07. The second-order valence-corrected chi connectivity index (χ2v) is 6.12. The fourth-order valence-electron chi connectivity index (χ4n) is 2.84. The van der Waals surface area contributed by atoms with Gasteiger partial charge in [-0.1, -0.05) is 0 Å². The van der Waals surface area contributed by atoms with Gasteiger partial charge in [0, 0.05) is 43.0 Å². The minimum atomic E-state index is -0.251. The molecule has 4 rings (SSSR count). The van der Waals surface area contributed by atoms with Crippen molar-refractivity contribution in [2.24, 2.45) is 0 Å². The van der Waals surface area contributed by atoms with E-state index >= 15 is 0 Å². The van der Waals surface area contributed by atoms with Crippen LogP contribution in [-0.2, 0) is 4.74 Å². The van der Waals surface area contributed by atoms with Gasteiger partial charge < -0.3 is 10.1 Å². The number of hydrogen-bond donors (Lipinski definition) is 2. The predicted octanol–water partition coefficient (Wildman–Crippen LogP) is 2.22. The Morgan fingerprint density at radius 3 is 2.83 bits per heavy atom. The van der Waals surface area contributed by atoms with E-state index in [0.29, 0.717) is 23.3 Å². The van der Waals surface area contributed by atoms with Crippen LogP contribution < -0.4 is 5.32 Å². The molecule has 2 fully saturated rings. The lowest BCUT2D eigenvalue weighted by atomic mass is 9.97. The first kappa shape index (κ1) is 14.3. The lowest BCUT2D eigenvalue weighted by molar-refractivity contribution is 0.0845. The second kappa shape index (κ2) is 6.08. The van der Waals surface area contributed by atoms with Gasteiger partial charge in [0.2, 0.25) is 0 Å². The number of aromatic nitrogens is 4. The zero-order valence-corrected chi connectivity index (χ0v) is 12.8. The summed E-state index contributed by atoms with van der Waals surface area (Å²) in [4.78, 5) is 20.9. The lowest BCUT2D eigenvalue weighted by Crippen LogP contribution is -2.15. The van der Waals surface area contributed by atoms with E-state index in [1.165, 1.54) is 0 Å². The summed E-state index contributed by atoms with van der Waals surface area (Å²) in [7, 11) is 0. The zero-order chi connectivity index (χ0) is 15.6. The fraction of sp³-hybridized carbons (Fsp3) is 0.500. The Balaban J connectivity index is 1.44. The van der Waals surface area contributed by atoms with Crippen LogP contribution in [0.15, 0.2) is 18.3 Å². The topological polar surface area (TPSA) is 92.8 Å². The molecule has 2 aromatic heterocycles. The molecule has 1 saturated heterocycles. The maximum atomic E-state index is 12.3. The number of carbonyl (C=O) groups is 1. The molecule has 0 radical (unpaired) electrons. The second-order valence-electron chi connectivity index (χ2n) is 6.12. The van der Waals surface area contributed by atoms with Gasteiger partial charge in [-0.15, -0.1) is 0 Å². The van der Waals surface area contributed by atoms with Gasteiger partial charge >= 0.3 is 0 Å². The number of rotatable bonds is 4. The Labute approximate surface area is 133 Å². The molecular formula is C16H19N5O2. The van der Waals surface area contributed by atoms with Crippen molar-refractivity contribution in [2.75, 3.05) is 18.5 Å². The van der Waals surface area contributed by atoms with Gasteiger partial charge in [0.1, 0.15) is 11.5 Å². The SMILES string of the molecule is O=C(Nc1cc(C2CCOCC2)[nH]n1)c1ccnc(C2CC2)n1. The minimum absolute atomic E-state index is 0.251. The molecule has 1 amide bonds. The van der Waals surface area contributed by atoms with Gasteiger partial charge in [0.05, 0.1) is 0 Å². The Bertz CT molecular complexity index is 704. The molecule has 23 heavy (non-hydrogen) atoms. The van der Waals surface area contributed by atoms with Gasteiger partial charge in [0.25, 0.3) is 5.91 Å². The largest absolute Gasteiger partial charge is 0.381 e. The van der Waals surface area contributed by atoms with Crippen LogP contribution in [0.4, 0.5) is 5.82 Å². The van der Waals surface area contributed by atoms with Crippen molar-refractivity contribution in [1.82, 2.24) is 20.2 Å². The van der Waals surface area contributed by atoms with E-state index in [-0.39, 0.29) is 5.91 Å². The molecule has 2 aliphatic rings. The smallest absolute Gasteiger partial charge is 0.275 e. The number of ether oxygens (including phenoxy) is 1. The quantitative estimate of drug-likeness (QED) is 0.903. The van der Waals surface area contributed by atoms with Crippen molar-refractivity contribution >= 4 is 11.7 Å². The van der Waals surface area contributed by atoms with Crippen molar-refractivity contribution < 1.29 is 9.53 Å². The molecule has 0 aromatic carbocycles. The number of aromatic amines is 1. The van der Waals surface area contributed by atoms with Gasteiger partial charge in [-0.3, -0.25) is 9.89 Å². The summed E-state index contributed by atoms with van der Waals surface area (Å²) in [6.07, 6.45) is 5.82. The van der Waals surface area contributed by atoms with Crippen LogP contribution in [0.1, 0.15) is 59.5 Å². The number of amides is 1. The van der Waals surface area contributed by atoms with Crippen LogP contribution in [0.5, 0.6) is 0 Å². The van der Waals surface area contributed by atoms with Crippen LogP contribution in [-0.4, -0.2) is 39.3 Å². The average Bonchev–Trinajstić information content (AvgIpc) is 3.35. The van der Waals surface area contributed by atoms with Crippen molar-refractivity contribution in [1.29, 1.82) is 0 Å². The zero-order valence-electron chi connectivity index (χ0n) is 12.8. The highest BCUT2D eigenvalue weighted by molar-refractivity contribution is 6.02. The van der Waals surface area contributed by atoms with Crippen LogP contribution in [0, 0.1) is 0 Å². The van der Waals surface area contributed by atoms with Crippen molar-refractivity contribution in [3.8, 4) is 0 Å². The summed E-state index contributed by atoms with van der Waals surface area (Å²) < 4.78 is 5.37. The molecule has 120 valence electrons. The van der Waals surface area contributed by atoms with Gasteiger partial charge in [0.15, 0.2) is 5.82 Å². The number of hydrogen-bond acceptors (Lipinski definition) is 5. The summed E-state index contributed by atoms with van der Waals surface area (Å²) in [6.45, 7) is 1.55. The standard InChI is InChI=1S/C16H19N5O2/c22-16(12-3-6-17-15(18-12)11-1-2-11)19-14-9-13(20-21-14)10-4-7-23-8-5-10/h3,6,9-11H,1-2,4-5,7-8H2,(H2,19,20,21,22). The Morgan fingerprint density at radius 2 is 2.04 bits per heavy atom. The number of nitrogens with one attached hydrogen (secondary N) is 2. The van der Waals surface area contributed by atoms with E-state index in [4.69, 9.17) is 4.74 Å². The van der Waals surface area contributed by atoms with Crippen LogP contribution in [0.2, 0.25) is 0 Å². The van der Waals surface area contributed by atoms with Gasteiger partial charge in [-0.25, -0.2) is 9.97 Å². The molecule has 0 spiro atoms. The number of nitrogens with zero attached hydrogens (tertiary/aromatic N) is 3. The highest BCUT2D eigenvalue weighted by Crippen LogP contribution is 2.37. The highest BCUT2D eigenvalue weighted by atomic mass is 16.5. The van der Waals surface area contributed by atoms with Crippen molar-refractivity contribution in [2.45, 2.75) is 37.5 Å². The molecule has 2 N–H and O–H groups in total. The third kappa shape index (κ3) is 3.24. The third-order valence-corrected chi connectivity index (χ3v) is 4.35. The van der Waals surface area contributed by atoms with E-state index in [2.05, 4.69) is 25.5 Å². The number of carbonyl (C=O) groups excluding carboxylic acids is 1. The van der Waals surface area contributed by atoms with Gasteiger partial charge in [-0.05, 0) is 31.7 Å². The van der Waals surface area contributed by atoms with Crippen molar-refractivity contribution in [3.05, 3.63) is 35.5 Å². The molecule has 0 unspecified atom stereocenters.